The molecule has 1 fully saturated rings. The number of carbonyl (C=O) groups excluding carboxylic acids is 1. The average molecular weight is 337 g/mol. The second-order valence-corrected chi connectivity index (χ2v) is 6.69. The third-order valence-corrected chi connectivity index (χ3v) is 4.83. The Labute approximate surface area is 148 Å². The molecule has 0 aliphatic carbocycles. The van der Waals surface area contributed by atoms with Crippen molar-refractivity contribution in [3.63, 3.8) is 0 Å². The molecule has 0 spiro atoms. The van der Waals surface area contributed by atoms with E-state index in [0.717, 1.165) is 31.5 Å². The topological polar surface area (TPSA) is 57.6 Å². The van der Waals surface area contributed by atoms with Gasteiger partial charge in [0.05, 0.1) is 5.56 Å². The SMILES string of the molecule is O=C(O)c1ccc(CCC(=O)N2CC[C@@H](Cc3ccccc3)C2)cc1. The van der Waals surface area contributed by atoms with Gasteiger partial charge in [0.25, 0.3) is 0 Å². The molecule has 0 aromatic heterocycles. The van der Waals surface area contributed by atoms with Gasteiger partial charge in [-0.25, -0.2) is 4.79 Å². The normalized spacial score (nSPS) is 16.8. The second-order valence-electron chi connectivity index (χ2n) is 6.69. The molecule has 25 heavy (non-hydrogen) atoms. The van der Waals surface area contributed by atoms with Crippen molar-refractivity contribution >= 4 is 11.9 Å². The molecule has 1 atom stereocenters. The number of hydrogen-bond donors (Lipinski definition) is 1. The average Bonchev–Trinajstić information content (AvgIpc) is 3.09. The van der Waals surface area contributed by atoms with E-state index in [-0.39, 0.29) is 11.5 Å². The third kappa shape index (κ3) is 4.69. The molecule has 2 aromatic carbocycles. The number of aromatic carboxylic acids is 1. The predicted molar refractivity (Wildman–Crippen MR) is 96.6 cm³/mol. The summed E-state index contributed by atoms with van der Waals surface area (Å²) in [5.41, 5.74) is 2.61. The molecule has 4 nitrogen and oxygen atoms in total. The van der Waals surface area contributed by atoms with Gasteiger partial charge < -0.3 is 10.0 Å². The lowest BCUT2D eigenvalue weighted by Gasteiger charge is -2.16. The molecule has 4 heteroatoms. The van der Waals surface area contributed by atoms with Gasteiger partial charge in [-0.2, -0.15) is 0 Å². The number of hydrogen-bond acceptors (Lipinski definition) is 2. The van der Waals surface area contributed by atoms with Crippen LogP contribution in [0.4, 0.5) is 0 Å². The van der Waals surface area contributed by atoms with Crippen molar-refractivity contribution in [3.8, 4) is 0 Å². The van der Waals surface area contributed by atoms with Crippen molar-refractivity contribution in [3.05, 3.63) is 71.3 Å². The standard InChI is InChI=1S/C21H23NO3/c23-20(11-8-16-6-9-19(10-7-16)21(24)25)22-13-12-18(15-22)14-17-4-2-1-3-5-17/h1-7,9-10,18H,8,11-15H2,(H,24,25)/t18-/m0/s1. The Morgan fingerprint density at radius 3 is 2.40 bits per heavy atom. The molecule has 0 unspecified atom stereocenters. The maximum Gasteiger partial charge on any atom is 0.335 e. The van der Waals surface area contributed by atoms with Crippen LogP contribution in [0.1, 0.15) is 34.3 Å². The van der Waals surface area contributed by atoms with E-state index >= 15 is 0 Å². The number of likely N-dealkylation sites (tertiary alicyclic amines) is 1. The zero-order chi connectivity index (χ0) is 17.6. The van der Waals surface area contributed by atoms with E-state index in [1.165, 1.54) is 5.56 Å². The van der Waals surface area contributed by atoms with Crippen molar-refractivity contribution in [2.75, 3.05) is 13.1 Å². The summed E-state index contributed by atoms with van der Waals surface area (Å²) in [6.07, 6.45) is 3.22. The minimum atomic E-state index is -0.927. The zero-order valence-corrected chi connectivity index (χ0v) is 14.2. The highest BCUT2D eigenvalue weighted by molar-refractivity contribution is 5.87. The number of carbonyl (C=O) groups is 2. The Morgan fingerprint density at radius 2 is 1.72 bits per heavy atom. The minimum absolute atomic E-state index is 0.192. The van der Waals surface area contributed by atoms with E-state index in [2.05, 4.69) is 24.3 Å². The fourth-order valence-electron chi connectivity index (χ4n) is 3.40. The van der Waals surface area contributed by atoms with E-state index in [1.54, 1.807) is 24.3 Å². The first-order chi connectivity index (χ1) is 12.1. The number of nitrogens with zero attached hydrogens (tertiary/aromatic N) is 1. The Hall–Kier alpha value is -2.62. The van der Waals surface area contributed by atoms with Crippen LogP contribution in [0, 0.1) is 5.92 Å². The first-order valence-corrected chi connectivity index (χ1v) is 8.76. The van der Waals surface area contributed by atoms with Gasteiger partial charge in [0, 0.05) is 19.5 Å². The van der Waals surface area contributed by atoms with Crippen molar-refractivity contribution in [2.24, 2.45) is 5.92 Å². The monoisotopic (exact) mass is 337 g/mol. The van der Waals surface area contributed by atoms with Gasteiger partial charge in [-0.1, -0.05) is 42.5 Å². The quantitative estimate of drug-likeness (QED) is 0.879. The molecule has 1 saturated heterocycles. The van der Waals surface area contributed by atoms with Crippen molar-refractivity contribution in [2.45, 2.75) is 25.7 Å². The first-order valence-electron chi connectivity index (χ1n) is 8.76. The first kappa shape index (κ1) is 17.2. The number of benzene rings is 2. The number of aryl methyl sites for hydroxylation is 1. The van der Waals surface area contributed by atoms with Gasteiger partial charge in [0.1, 0.15) is 0 Å². The largest absolute Gasteiger partial charge is 0.478 e. The minimum Gasteiger partial charge on any atom is -0.478 e. The zero-order valence-electron chi connectivity index (χ0n) is 14.2. The van der Waals surface area contributed by atoms with E-state index in [0.29, 0.717) is 18.8 Å². The Kier molecular flexibility index (Phi) is 5.49. The second kappa shape index (κ2) is 7.97. The Bertz CT molecular complexity index is 725. The summed E-state index contributed by atoms with van der Waals surface area (Å²) in [4.78, 5) is 25.2. The summed E-state index contributed by atoms with van der Waals surface area (Å²) < 4.78 is 0. The number of rotatable bonds is 6. The van der Waals surface area contributed by atoms with Crippen LogP contribution in [0.2, 0.25) is 0 Å². The van der Waals surface area contributed by atoms with Gasteiger partial charge >= 0.3 is 5.97 Å². The van der Waals surface area contributed by atoms with Crippen molar-refractivity contribution in [1.29, 1.82) is 0 Å². The highest BCUT2D eigenvalue weighted by atomic mass is 16.4. The molecule has 1 heterocycles. The highest BCUT2D eigenvalue weighted by Gasteiger charge is 2.25. The van der Waals surface area contributed by atoms with Crippen LogP contribution in [-0.2, 0) is 17.6 Å². The molecule has 1 aliphatic rings. The predicted octanol–water partition coefficient (Wildman–Crippen LogP) is 3.41. The van der Waals surface area contributed by atoms with Crippen LogP contribution >= 0.6 is 0 Å². The number of carboxylic acid groups (broad SMARTS) is 1. The molecular weight excluding hydrogens is 314 g/mol. The molecule has 0 radical (unpaired) electrons. The van der Waals surface area contributed by atoms with Crippen molar-refractivity contribution in [1.82, 2.24) is 4.90 Å². The summed E-state index contributed by atoms with van der Waals surface area (Å²) in [6, 6.07) is 17.2. The lowest BCUT2D eigenvalue weighted by molar-refractivity contribution is -0.130. The van der Waals surface area contributed by atoms with Gasteiger partial charge in [0.2, 0.25) is 5.91 Å². The molecule has 1 N–H and O–H groups in total. The molecule has 0 saturated carbocycles. The van der Waals surface area contributed by atoms with Crippen LogP contribution < -0.4 is 0 Å². The highest BCUT2D eigenvalue weighted by Crippen LogP contribution is 2.21. The maximum atomic E-state index is 12.4. The summed E-state index contributed by atoms with van der Waals surface area (Å²) in [6.45, 7) is 1.68. The summed E-state index contributed by atoms with van der Waals surface area (Å²) in [5.74, 6) is -0.191. The van der Waals surface area contributed by atoms with E-state index in [9.17, 15) is 9.59 Å². The molecule has 3 rings (SSSR count). The number of carboxylic acids is 1. The van der Waals surface area contributed by atoms with Crippen LogP contribution in [0.3, 0.4) is 0 Å². The Morgan fingerprint density at radius 1 is 1.00 bits per heavy atom. The summed E-state index contributed by atoms with van der Waals surface area (Å²) in [7, 11) is 0. The Balaban J connectivity index is 1.46. The smallest absolute Gasteiger partial charge is 0.335 e. The van der Waals surface area contributed by atoms with Gasteiger partial charge in [-0.05, 0) is 48.4 Å². The van der Waals surface area contributed by atoms with E-state index < -0.39 is 5.97 Å². The van der Waals surface area contributed by atoms with Crippen LogP contribution in [0.25, 0.3) is 0 Å². The van der Waals surface area contributed by atoms with Gasteiger partial charge in [0.15, 0.2) is 0 Å². The number of amides is 1. The maximum absolute atomic E-state index is 12.4. The molecular formula is C21H23NO3. The molecule has 2 aromatic rings. The van der Waals surface area contributed by atoms with E-state index in [4.69, 9.17) is 5.11 Å². The van der Waals surface area contributed by atoms with Gasteiger partial charge in [-0.15, -0.1) is 0 Å². The fraction of sp³-hybridized carbons (Fsp3) is 0.333. The lowest BCUT2D eigenvalue weighted by atomic mass is 9.99. The van der Waals surface area contributed by atoms with Crippen LogP contribution in [0.15, 0.2) is 54.6 Å². The molecule has 1 amide bonds. The van der Waals surface area contributed by atoms with Crippen molar-refractivity contribution < 1.29 is 14.7 Å². The lowest BCUT2D eigenvalue weighted by Crippen LogP contribution is -2.29. The summed E-state index contributed by atoms with van der Waals surface area (Å²) >= 11 is 0. The third-order valence-electron chi connectivity index (χ3n) is 4.83. The van der Waals surface area contributed by atoms with Crippen LogP contribution in [-0.4, -0.2) is 35.0 Å². The molecule has 130 valence electrons. The molecule has 0 bridgehead atoms. The van der Waals surface area contributed by atoms with Gasteiger partial charge in [-0.3, -0.25) is 4.79 Å². The van der Waals surface area contributed by atoms with Crippen LogP contribution in [0.5, 0.6) is 0 Å². The summed E-state index contributed by atoms with van der Waals surface area (Å²) in [5, 5.41) is 8.91. The van der Waals surface area contributed by atoms with E-state index in [1.807, 2.05) is 11.0 Å². The fourth-order valence-corrected chi connectivity index (χ4v) is 3.40. The molecule has 1 aliphatic heterocycles.